The van der Waals surface area contributed by atoms with Gasteiger partial charge in [0.2, 0.25) is 10.0 Å². The van der Waals surface area contributed by atoms with Crippen LogP contribution in [0.3, 0.4) is 0 Å². The van der Waals surface area contributed by atoms with Crippen LogP contribution in [0.15, 0.2) is 47.4 Å². The third-order valence-corrected chi connectivity index (χ3v) is 8.03. The van der Waals surface area contributed by atoms with Crippen LogP contribution in [0, 0.1) is 13.8 Å². The van der Waals surface area contributed by atoms with E-state index in [0.717, 1.165) is 24.0 Å². The van der Waals surface area contributed by atoms with Crippen LogP contribution in [0.2, 0.25) is 5.02 Å². The summed E-state index contributed by atoms with van der Waals surface area (Å²) in [4.78, 5) is 24.7. The lowest BCUT2D eigenvalue weighted by molar-refractivity contribution is -0.136. The second-order valence-electron chi connectivity index (χ2n) is 7.97. The highest BCUT2D eigenvalue weighted by Gasteiger charge is 2.33. The molecule has 0 unspecified atom stereocenters. The van der Waals surface area contributed by atoms with Gasteiger partial charge in [0, 0.05) is 29.8 Å². The normalized spacial score (nSPS) is 17.0. The lowest BCUT2D eigenvalue weighted by atomic mass is 10.0. The first-order chi connectivity index (χ1) is 15.2. The molecule has 1 saturated heterocycles. The Morgan fingerprint density at radius 2 is 1.78 bits per heavy atom. The van der Waals surface area contributed by atoms with Gasteiger partial charge in [0.25, 0.3) is 0 Å². The third kappa shape index (κ3) is 5.68. The molecule has 1 heterocycles. The summed E-state index contributed by atoms with van der Waals surface area (Å²) in [5.41, 5.74) is 2.51. The second kappa shape index (κ2) is 10.5. The molecule has 172 valence electrons. The van der Waals surface area contributed by atoms with E-state index in [-0.39, 0.29) is 17.5 Å². The van der Waals surface area contributed by atoms with Gasteiger partial charge in [-0.15, -0.1) is 0 Å². The van der Waals surface area contributed by atoms with Gasteiger partial charge in [0.15, 0.2) is 0 Å². The summed E-state index contributed by atoms with van der Waals surface area (Å²) in [6, 6.07) is 11.4. The molecule has 0 radical (unpaired) electrons. The number of nitrogens with one attached hydrogen (secondary N) is 2. The van der Waals surface area contributed by atoms with E-state index in [9.17, 15) is 18.0 Å². The molecule has 32 heavy (non-hydrogen) atoms. The summed E-state index contributed by atoms with van der Waals surface area (Å²) in [5.74, 6) is -1.48. The fraction of sp³-hybridized carbons (Fsp3) is 0.391. The number of piperidine rings is 1. The Kier molecular flexibility index (Phi) is 7.92. The molecular weight excluding hydrogens is 450 g/mol. The lowest BCUT2D eigenvalue weighted by Crippen LogP contribution is -2.45. The molecule has 3 rings (SSSR count). The second-order valence-corrected chi connectivity index (χ2v) is 10.3. The van der Waals surface area contributed by atoms with Gasteiger partial charge < -0.3 is 10.6 Å². The van der Waals surface area contributed by atoms with E-state index in [1.807, 2.05) is 26.0 Å². The zero-order valence-electron chi connectivity index (χ0n) is 18.2. The Balaban J connectivity index is 1.58. The predicted molar refractivity (Wildman–Crippen MR) is 125 cm³/mol. The zero-order valence-corrected chi connectivity index (χ0v) is 19.8. The topological polar surface area (TPSA) is 95.6 Å². The number of nitrogens with zero attached hydrogens (tertiary/aromatic N) is 1. The fourth-order valence-corrected chi connectivity index (χ4v) is 5.67. The minimum atomic E-state index is -3.66. The highest BCUT2D eigenvalue weighted by molar-refractivity contribution is 7.89. The van der Waals surface area contributed by atoms with Gasteiger partial charge in [-0.3, -0.25) is 9.59 Å². The van der Waals surface area contributed by atoms with Crippen molar-refractivity contribution in [3.05, 3.63) is 58.6 Å². The van der Waals surface area contributed by atoms with Crippen LogP contribution in [-0.4, -0.2) is 43.7 Å². The quantitative estimate of drug-likeness (QED) is 0.621. The van der Waals surface area contributed by atoms with Crippen molar-refractivity contribution in [1.29, 1.82) is 0 Å². The molecule has 2 aromatic rings. The molecule has 1 atom stereocenters. The van der Waals surface area contributed by atoms with Crippen LogP contribution in [0.25, 0.3) is 0 Å². The number of benzene rings is 2. The first kappa shape index (κ1) is 24.2. The van der Waals surface area contributed by atoms with Crippen molar-refractivity contribution in [3.8, 4) is 0 Å². The number of anilines is 1. The molecule has 2 aromatic carbocycles. The number of hydrogen-bond acceptors (Lipinski definition) is 4. The number of sulfonamides is 1. The van der Waals surface area contributed by atoms with Gasteiger partial charge in [-0.25, -0.2) is 8.42 Å². The van der Waals surface area contributed by atoms with Crippen LogP contribution in [0.4, 0.5) is 5.69 Å². The van der Waals surface area contributed by atoms with Crippen LogP contribution in [0.1, 0.15) is 36.8 Å². The molecule has 7 nitrogen and oxygen atoms in total. The van der Waals surface area contributed by atoms with E-state index in [2.05, 4.69) is 10.6 Å². The minimum Gasteiger partial charge on any atom is -0.348 e. The highest BCUT2D eigenvalue weighted by Crippen LogP contribution is 2.27. The molecule has 1 aliphatic rings. The van der Waals surface area contributed by atoms with Gasteiger partial charge in [-0.2, -0.15) is 4.31 Å². The van der Waals surface area contributed by atoms with Crippen molar-refractivity contribution in [2.45, 2.75) is 50.5 Å². The average Bonchev–Trinajstić information content (AvgIpc) is 2.77. The highest BCUT2D eigenvalue weighted by atomic mass is 35.5. The summed E-state index contributed by atoms with van der Waals surface area (Å²) < 4.78 is 27.7. The standard InChI is InChI=1S/C23H28ClN3O4S/c1-16-6-5-8-21(17(16)2)26-23(29)22(28)25-14-13-19-7-3-4-15-27(19)32(30,31)20-11-9-18(24)10-12-20/h5-6,8-12,19H,3-4,7,13-15H2,1-2H3,(H,25,28)(H,26,29)/t19-/m0/s1. The lowest BCUT2D eigenvalue weighted by Gasteiger charge is -2.34. The van der Waals surface area contributed by atoms with E-state index in [1.165, 1.54) is 16.4 Å². The Morgan fingerprint density at radius 3 is 2.50 bits per heavy atom. The summed E-state index contributed by atoms with van der Waals surface area (Å²) in [6.07, 6.45) is 2.83. The predicted octanol–water partition coefficient (Wildman–Crippen LogP) is 3.65. The summed E-state index contributed by atoms with van der Waals surface area (Å²) >= 11 is 5.89. The van der Waals surface area contributed by atoms with Crippen LogP contribution >= 0.6 is 11.6 Å². The molecule has 0 bridgehead atoms. The van der Waals surface area contributed by atoms with Crippen molar-refractivity contribution in [1.82, 2.24) is 9.62 Å². The average molecular weight is 478 g/mol. The number of hydrogen-bond donors (Lipinski definition) is 2. The molecule has 1 aliphatic heterocycles. The smallest absolute Gasteiger partial charge is 0.313 e. The van der Waals surface area contributed by atoms with Crippen molar-refractivity contribution in [2.75, 3.05) is 18.4 Å². The van der Waals surface area contributed by atoms with Crippen molar-refractivity contribution in [2.24, 2.45) is 0 Å². The molecule has 1 fully saturated rings. The zero-order chi connectivity index (χ0) is 23.3. The Morgan fingerprint density at radius 1 is 1.06 bits per heavy atom. The number of carbonyl (C=O) groups is 2. The molecule has 0 spiro atoms. The third-order valence-electron chi connectivity index (χ3n) is 5.82. The van der Waals surface area contributed by atoms with E-state index in [0.29, 0.717) is 30.1 Å². The number of rotatable bonds is 6. The SMILES string of the molecule is Cc1cccc(NC(=O)C(=O)NCC[C@@H]2CCCCN2S(=O)(=O)c2ccc(Cl)cc2)c1C. The first-order valence-corrected chi connectivity index (χ1v) is 12.4. The molecule has 0 aliphatic carbocycles. The van der Waals surface area contributed by atoms with Crippen molar-refractivity contribution < 1.29 is 18.0 Å². The molecule has 0 aromatic heterocycles. The number of halogens is 1. The summed E-state index contributed by atoms with van der Waals surface area (Å²) in [6.45, 7) is 4.44. The van der Waals surface area contributed by atoms with Crippen LogP contribution < -0.4 is 10.6 Å². The molecule has 2 N–H and O–H groups in total. The van der Waals surface area contributed by atoms with Gasteiger partial charge in [0.1, 0.15) is 0 Å². The van der Waals surface area contributed by atoms with Crippen LogP contribution in [0.5, 0.6) is 0 Å². The Labute approximate surface area is 194 Å². The first-order valence-electron chi connectivity index (χ1n) is 10.6. The van der Waals surface area contributed by atoms with E-state index in [1.54, 1.807) is 18.2 Å². The fourth-order valence-electron chi connectivity index (χ4n) is 3.82. The molecule has 0 saturated carbocycles. The van der Waals surface area contributed by atoms with Gasteiger partial charge in [-0.1, -0.05) is 30.2 Å². The largest absolute Gasteiger partial charge is 0.348 e. The van der Waals surface area contributed by atoms with Crippen LogP contribution in [-0.2, 0) is 19.6 Å². The van der Waals surface area contributed by atoms with E-state index < -0.39 is 21.8 Å². The molecular formula is C23H28ClN3O4S. The van der Waals surface area contributed by atoms with Crippen molar-refractivity contribution in [3.63, 3.8) is 0 Å². The van der Waals surface area contributed by atoms with Gasteiger partial charge in [0.05, 0.1) is 4.90 Å². The maximum Gasteiger partial charge on any atom is 0.313 e. The Hall–Kier alpha value is -2.42. The van der Waals surface area contributed by atoms with E-state index >= 15 is 0 Å². The maximum atomic E-state index is 13.1. The summed E-state index contributed by atoms with van der Waals surface area (Å²) in [5, 5.41) is 5.72. The van der Waals surface area contributed by atoms with Crippen molar-refractivity contribution >= 4 is 39.1 Å². The van der Waals surface area contributed by atoms with Gasteiger partial charge >= 0.3 is 11.8 Å². The minimum absolute atomic E-state index is 0.200. The number of carbonyl (C=O) groups excluding carboxylic acids is 2. The van der Waals surface area contributed by atoms with Gasteiger partial charge in [-0.05, 0) is 74.6 Å². The molecule has 9 heteroatoms. The molecule has 2 amide bonds. The monoisotopic (exact) mass is 477 g/mol. The summed E-state index contributed by atoms with van der Waals surface area (Å²) in [7, 11) is -3.66. The van der Waals surface area contributed by atoms with E-state index in [4.69, 9.17) is 11.6 Å². The Bertz CT molecular complexity index is 1090. The number of amides is 2. The maximum absolute atomic E-state index is 13.1. The number of aryl methyl sites for hydroxylation is 1.